The number of aromatic nitrogens is 2. The molecule has 0 aliphatic carbocycles. The van der Waals surface area contributed by atoms with Crippen LogP contribution in [-0.4, -0.2) is 23.1 Å². The zero-order chi connectivity index (χ0) is 10.8. The van der Waals surface area contributed by atoms with E-state index < -0.39 is 0 Å². The maximum Gasteiger partial charge on any atom is 0.106 e. The quantitative estimate of drug-likeness (QED) is 0.819. The van der Waals surface area contributed by atoms with Crippen LogP contribution in [0.2, 0.25) is 0 Å². The molecule has 3 heteroatoms. The van der Waals surface area contributed by atoms with Gasteiger partial charge in [-0.2, -0.15) is 0 Å². The SMILES string of the molecule is CNCCc1nc(C)n2c1CCCC2C. The fourth-order valence-electron chi connectivity index (χ4n) is 2.64. The van der Waals surface area contributed by atoms with Gasteiger partial charge in [-0.3, -0.25) is 0 Å². The lowest BCUT2D eigenvalue weighted by Crippen LogP contribution is -2.18. The lowest BCUT2D eigenvalue weighted by atomic mass is 10.0. The van der Waals surface area contributed by atoms with E-state index in [1.54, 1.807) is 0 Å². The zero-order valence-corrected chi connectivity index (χ0v) is 10.0. The average molecular weight is 207 g/mol. The second-order valence-corrected chi connectivity index (χ2v) is 4.52. The molecule has 0 saturated carbocycles. The molecule has 0 bridgehead atoms. The Morgan fingerprint density at radius 1 is 1.53 bits per heavy atom. The number of nitrogens with zero attached hydrogens (tertiary/aromatic N) is 2. The van der Waals surface area contributed by atoms with Crippen LogP contribution in [0.1, 0.15) is 43.0 Å². The van der Waals surface area contributed by atoms with E-state index in [2.05, 4.69) is 23.7 Å². The van der Waals surface area contributed by atoms with Gasteiger partial charge < -0.3 is 9.88 Å². The van der Waals surface area contributed by atoms with Crippen molar-refractivity contribution in [1.82, 2.24) is 14.9 Å². The molecule has 1 atom stereocenters. The smallest absolute Gasteiger partial charge is 0.106 e. The van der Waals surface area contributed by atoms with Gasteiger partial charge in [0.2, 0.25) is 0 Å². The van der Waals surface area contributed by atoms with Crippen molar-refractivity contribution in [3.8, 4) is 0 Å². The molecule has 0 aromatic carbocycles. The molecular formula is C12H21N3. The molecule has 15 heavy (non-hydrogen) atoms. The van der Waals surface area contributed by atoms with Crippen LogP contribution in [0.25, 0.3) is 0 Å². The van der Waals surface area contributed by atoms with Crippen molar-refractivity contribution in [3.05, 3.63) is 17.2 Å². The van der Waals surface area contributed by atoms with Gasteiger partial charge in [-0.15, -0.1) is 0 Å². The van der Waals surface area contributed by atoms with Crippen LogP contribution in [0.5, 0.6) is 0 Å². The fourth-order valence-corrected chi connectivity index (χ4v) is 2.64. The Balaban J connectivity index is 2.29. The van der Waals surface area contributed by atoms with Gasteiger partial charge in [0.25, 0.3) is 0 Å². The Kier molecular flexibility index (Phi) is 3.10. The van der Waals surface area contributed by atoms with E-state index in [0.717, 1.165) is 13.0 Å². The monoisotopic (exact) mass is 207 g/mol. The molecule has 1 aromatic heterocycles. The number of likely N-dealkylation sites (N-methyl/N-ethyl adjacent to an activating group) is 1. The Bertz CT molecular complexity index is 341. The zero-order valence-electron chi connectivity index (χ0n) is 10.0. The Hall–Kier alpha value is -0.830. The first-order valence-electron chi connectivity index (χ1n) is 5.95. The van der Waals surface area contributed by atoms with Crippen LogP contribution >= 0.6 is 0 Å². The number of hydrogen-bond donors (Lipinski definition) is 1. The van der Waals surface area contributed by atoms with E-state index in [1.807, 2.05) is 7.05 Å². The van der Waals surface area contributed by atoms with Gasteiger partial charge >= 0.3 is 0 Å². The van der Waals surface area contributed by atoms with Gasteiger partial charge in [-0.25, -0.2) is 4.98 Å². The van der Waals surface area contributed by atoms with E-state index in [-0.39, 0.29) is 0 Å². The van der Waals surface area contributed by atoms with Crippen molar-refractivity contribution in [1.29, 1.82) is 0 Å². The molecule has 3 nitrogen and oxygen atoms in total. The summed E-state index contributed by atoms with van der Waals surface area (Å²) in [6.07, 6.45) is 4.89. The van der Waals surface area contributed by atoms with E-state index >= 15 is 0 Å². The van der Waals surface area contributed by atoms with Gasteiger partial charge in [-0.05, 0) is 40.2 Å². The van der Waals surface area contributed by atoms with Crippen molar-refractivity contribution in [2.24, 2.45) is 0 Å². The molecule has 0 spiro atoms. The van der Waals surface area contributed by atoms with Crippen LogP contribution in [0, 0.1) is 6.92 Å². The maximum absolute atomic E-state index is 4.70. The molecule has 1 unspecified atom stereocenters. The first-order valence-corrected chi connectivity index (χ1v) is 5.95. The fraction of sp³-hybridized carbons (Fsp3) is 0.750. The summed E-state index contributed by atoms with van der Waals surface area (Å²) < 4.78 is 2.44. The van der Waals surface area contributed by atoms with E-state index in [9.17, 15) is 0 Å². The van der Waals surface area contributed by atoms with Gasteiger partial charge in [-0.1, -0.05) is 0 Å². The number of aryl methyl sites for hydroxylation is 1. The predicted molar refractivity (Wildman–Crippen MR) is 62.2 cm³/mol. The highest BCUT2D eigenvalue weighted by molar-refractivity contribution is 5.20. The highest BCUT2D eigenvalue weighted by atomic mass is 15.1. The molecule has 2 rings (SSSR count). The molecule has 1 N–H and O–H groups in total. The molecule has 1 aliphatic rings. The van der Waals surface area contributed by atoms with Crippen LogP contribution in [-0.2, 0) is 12.8 Å². The van der Waals surface area contributed by atoms with Gasteiger partial charge in [0.05, 0.1) is 5.69 Å². The molecule has 1 aliphatic heterocycles. The summed E-state index contributed by atoms with van der Waals surface area (Å²) in [6, 6.07) is 0.643. The molecule has 0 fully saturated rings. The second kappa shape index (κ2) is 4.35. The highest BCUT2D eigenvalue weighted by Gasteiger charge is 2.21. The standard InChI is InChI=1S/C12H21N3/c1-9-5-4-6-12-11(7-8-13-3)14-10(2)15(9)12/h9,13H,4-8H2,1-3H3. The summed E-state index contributed by atoms with van der Waals surface area (Å²) in [6.45, 7) is 5.46. The number of rotatable bonds is 3. The summed E-state index contributed by atoms with van der Waals surface area (Å²) in [7, 11) is 2.00. The van der Waals surface area contributed by atoms with Crippen molar-refractivity contribution in [3.63, 3.8) is 0 Å². The number of hydrogen-bond acceptors (Lipinski definition) is 2. The molecule has 2 heterocycles. The maximum atomic E-state index is 4.70. The van der Waals surface area contributed by atoms with E-state index in [1.165, 1.54) is 36.5 Å². The van der Waals surface area contributed by atoms with E-state index in [4.69, 9.17) is 4.98 Å². The summed E-state index contributed by atoms with van der Waals surface area (Å²) in [5.74, 6) is 1.20. The number of fused-ring (bicyclic) bond motifs is 1. The minimum atomic E-state index is 0.643. The lowest BCUT2D eigenvalue weighted by molar-refractivity contribution is 0.422. The summed E-state index contributed by atoms with van der Waals surface area (Å²) in [4.78, 5) is 4.70. The minimum absolute atomic E-state index is 0.643. The molecule has 1 aromatic rings. The van der Waals surface area contributed by atoms with Crippen LogP contribution in [0.3, 0.4) is 0 Å². The van der Waals surface area contributed by atoms with Crippen LogP contribution in [0.15, 0.2) is 0 Å². The van der Waals surface area contributed by atoms with Crippen molar-refractivity contribution in [2.45, 2.75) is 45.6 Å². The minimum Gasteiger partial charge on any atom is -0.329 e. The molecule has 84 valence electrons. The molecule has 0 amide bonds. The predicted octanol–water partition coefficient (Wildman–Crippen LogP) is 1.85. The first-order chi connectivity index (χ1) is 7.24. The normalized spacial score (nSPS) is 20.3. The molecule has 0 radical (unpaired) electrons. The van der Waals surface area contributed by atoms with Crippen LogP contribution < -0.4 is 5.32 Å². The summed E-state index contributed by atoms with van der Waals surface area (Å²) in [5.41, 5.74) is 2.80. The second-order valence-electron chi connectivity index (χ2n) is 4.52. The third-order valence-corrected chi connectivity index (χ3v) is 3.36. The number of nitrogens with one attached hydrogen (secondary N) is 1. The highest BCUT2D eigenvalue weighted by Crippen LogP contribution is 2.28. The van der Waals surface area contributed by atoms with Gasteiger partial charge in [0, 0.05) is 24.7 Å². The molecular weight excluding hydrogens is 186 g/mol. The number of imidazole rings is 1. The lowest BCUT2D eigenvalue weighted by Gasteiger charge is -2.23. The van der Waals surface area contributed by atoms with Gasteiger partial charge in [0.15, 0.2) is 0 Å². The Labute approximate surface area is 91.9 Å². The first kappa shape index (κ1) is 10.7. The van der Waals surface area contributed by atoms with Crippen molar-refractivity contribution in [2.75, 3.05) is 13.6 Å². The third kappa shape index (κ3) is 1.93. The average Bonchev–Trinajstić information content (AvgIpc) is 2.54. The topological polar surface area (TPSA) is 29.9 Å². The summed E-state index contributed by atoms with van der Waals surface area (Å²) >= 11 is 0. The van der Waals surface area contributed by atoms with Crippen molar-refractivity contribution < 1.29 is 0 Å². The largest absolute Gasteiger partial charge is 0.329 e. The molecule has 0 saturated heterocycles. The van der Waals surface area contributed by atoms with Crippen LogP contribution in [0.4, 0.5) is 0 Å². The Morgan fingerprint density at radius 2 is 2.33 bits per heavy atom. The van der Waals surface area contributed by atoms with Crippen molar-refractivity contribution >= 4 is 0 Å². The van der Waals surface area contributed by atoms with E-state index in [0.29, 0.717) is 6.04 Å². The third-order valence-electron chi connectivity index (χ3n) is 3.36. The summed E-state index contributed by atoms with van der Waals surface area (Å²) in [5, 5.41) is 3.19. The Morgan fingerprint density at radius 3 is 3.07 bits per heavy atom. The van der Waals surface area contributed by atoms with Gasteiger partial charge in [0.1, 0.15) is 5.82 Å².